The lowest BCUT2D eigenvalue weighted by Gasteiger charge is -2.25. The van der Waals surface area contributed by atoms with Gasteiger partial charge in [-0.15, -0.1) is 11.6 Å². The summed E-state index contributed by atoms with van der Waals surface area (Å²) in [6, 6.07) is 0.234. The maximum Gasteiger partial charge on any atom is 0.214 e. The zero-order valence-electron chi connectivity index (χ0n) is 10.8. The van der Waals surface area contributed by atoms with E-state index in [2.05, 4.69) is 0 Å². The molecule has 2 unspecified atom stereocenters. The number of rotatable bonds is 7. The molecule has 1 aliphatic carbocycles. The topological polar surface area (TPSA) is 46.6 Å². The lowest BCUT2D eigenvalue weighted by molar-refractivity contribution is 0.180. The van der Waals surface area contributed by atoms with Gasteiger partial charge in [0.05, 0.1) is 12.4 Å². The van der Waals surface area contributed by atoms with Gasteiger partial charge in [0.15, 0.2) is 0 Å². The molecule has 106 valence electrons. The Morgan fingerprint density at radius 3 is 2.61 bits per heavy atom. The van der Waals surface area contributed by atoms with Crippen LogP contribution in [0, 0.1) is 11.8 Å². The Morgan fingerprint density at radius 1 is 1.39 bits per heavy atom. The Kier molecular flexibility index (Phi) is 4.92. The van der Waals surface area contributed by atoms with Gasteiger partial charge < -0.3 is 4.74 Å². The summed E-state index contributed by atoms with van der Waals surface area (Å²) < 4.78 is 31.8. The molecule has 0 aromatic carbocycles. The molecule has 4 nitrogen and oxygen atoms in total. The number of hydrogen-bond donors (Lipinski definition) is 0. The third-order valence-corrected chi connectivity index (χ3v) is 6.21. The predicted octanol–water partition coefficient (Wildman–Crippen LogP) is 1.69. The van der Waals surface area contributed by atoms with Crippen molar-refractivity contribution >= 4 is 21.6 Å². The Morgan fingerprint density at radius 2 is 2.11 bits per heavy atom. The normalized spacial score (nSPS) is 26.7. The Hall–Kier alpha value is 0.160. The van der Waals surface area contributed by atoms with E-state index in [1.54, 1.807) is 4.31 Å². The fraction of sp³-hybridized carbons (Fsp3) is 1.00. The van der Waals surface area contributed by atoms with Crippen molar-refractivity contribution in [2.24, 2.45) is 11.8 Å². The van der Waals surface area contributed by atoms with Crippen molar-refractivity contribution < 1.29 is 13.2 Å². The summed E-state index contributed by atoms with van der Waals surface area (Å²) in [4.78, 5) is 0. The number of nitrogens with zero attached hydrogens (tertiary/aromatic N) is 1. The minimum Gasteiger partial charge on any atom is -0.381 e. The summed E-state index contributed by atoms with van der Waals surface area (Å²) in [7, 11) is -3.16. The van der Waals surface area contributed by atoms with Gasteiger partial charge in [0.2, 0.25) is 10.0 Å². The first-order chi connectivity index (χ1) is 8.53. The molecular formula is C12H22ClNO3S. The van der Waals surface area contributed by atoms with Crippen LogP contribution in [0.5, 0.6) is 0 Å². The van der Waals surface area contributed by atoms with E-state index in [0.717, 1.165) is 25.9 Å². The molecule has 0 radical (unpaired) electrons. The highest BCUT2D eigenvalue weighted by Crippen LogP contribution is 2.32. The van der Waals surface area contributed by atoms with Gasteiger partial charge in [0.25, 0.3) is 0 Å². The number of ether oxygens (including phenoxy) is 1. The van der Waals surface area contributed by atoms with Gasteiger partial charge in [-0.05, 0) is 31.1 Å². The fourth-order valence-corrected chi connectivity index (χ4v) is 4.70. The van der Waals surface area contributed by atoms with E-state index in [-0.39, 0.29) is 17.7 Å². The van der Waals surface area contributed by atoms with Crippen molar-refractivity contribution in [2.75, 3.05) is 31.4 Å². The van der Waals surface area contributed by atoms with Crippen molar-refractivity contribution in [2.45, 2.75) is 32.2 Å². The fourth-order valence-electron chi connectivity index (χ4n) is 2.33. The molecule has 2 aliphatic rings. The zero-order chi connectivity index (χ0) is 13.2. The van der Waals surface area contributed by atoms with Crippen molar-refractivity contribution in [3.05, 3.63) is 0 Å². The first-order valence-electron chi connectivity index (χ1n) is 6.66. The number of halogens is 1. The third kappa shape index (κ3) is 3.83. The second-order valence-electron chi connectivity index (χ2n) is 5.57. The molecule has 6 heteroatoms. The summed E-state index contributed by atoms with van der Waals surface area (Å²) in [5, 5.41) is 0. The average Bonchev–Trinajstić information content (AvgIpc) is 3.02. The minimum absolute atomic E-state index is 0.0118. The lowest BCUT2D eigenvalue weighted by Crippen LogP contribution is -2.40. The molecule has 2 rings (SSSR count). The average molecular weight is 296 g/mol. The van der Waals surface area contributed by atoms with Gasteiger partial charge in [-0.3, -0.25) is 0 Å². The highest BCUT2D eigenvalue weighted by atomic mass is 35.5. The van der Waals surface area contributed by atoms with Crippen LogP contribution < -0.4 is 0 Å². The summed E-state index contributed by atoms with van der Waals surface area (Å²) in [6.07, 6.45) is 2.98. The van der Waals surface area contributed by atoms with E-state index < -0.39 is 10.0 Å². The van der Waals surface area contributed by atoms with Crippen molar-refractivity contribution in [1.29, 1.82) is 0 Å². The van der Waals surface area contributed by atoms with Gasteiger partial charge >= 0.3 is 0 Å². The second-order valence-corrected chi connectivity index (χ2v) is 7.84. The maximum absolute atomic E-state index is 12.4. The molecule has 0 bridgehead atoms. The predicted molar refractivity (Wildman–Crippen MR) is 72.3 cm³/mol. The molecule has 1 heterocycles. The maximum atomic E-state index is 12.4. The van der Waals surface area contributed by atoms with Crippen LogP contribution in [-0.4, -0.2) is 50.2 Å². The van der Waals surface area contributed by atoms with Crippen LogP contribution in [0.15, 0.2) is 0 Å². The van der Waals surface area contributed by atoms with Crippen LogP contribution >= 0.6 is 11.6 Å². The second kappa shape index (κ2) is 6.07. The molecule has 0 aromatic rings. The molecule has 2 fully saturated rings. The number of alkyl halides is 1. The highest BCUT2D eigenvalue weighted by molar-refractivity contribution is 7.89. The summed E-state index contributed by atoms with van der Waals surface area (Å²) in [6.45, 7) is 3.97. The zero-order valence-corrected chi connectivity index (χ0v) is 12.4. The Labute approximate surface area is 115 Å². The standard InChI is InChI=1S/C12H22ClNO3S/c1-10(6-13)9-18(15,16)14(12-2-3-12)7-11-4-5-17-8-11/h10-12H,2-9H2,1H3. The van der Waals surface area contributed by atoms with Crippen molar-refractivity contribution in [3.63, 3.8) is 0 Å². The van der Waals surface area contributed by atoms with E-state index >= 15 is 0 Å². The van der Waals surface area contributed by atoms with Crippen LogP contribution in [0.3, 0.4) is 0 Å². The number of hydrogen-bond acceptors (Lipinski definition) is 3. The highest BCUT2D eigenvalue weighted by Gasteiger charge is 2.39. The molecule has 0 N–H and O–H groups in total. The molecule has 0 spiro atoms. The molecule has 0 amide bonds. The van der Waals surface area contributed by atoms with E-state index in [0.29, 0.717) is 24.9 Å². The molecule has 0 aromatic heterocycles. The van der Waals surface area contributed by atoms with Crippen LogP contribution in [-0.2, 0) is 14.8 Å². The third-order valence-electron chi connectivity index (χ3n) is 3.53. The molecule has 2 atom stereocenters. The van der Waals surface area contributed by atoms with Crippen LogP contribution in [0.2, 0.25) is 0 Å². The van der Waals surface area contributed by atoms with Crippen molar-refractivity contribution in [1.82, 2.24) is 4.31 Å². The first kappa shape index (κ1) is 14.6. The first-order valence-corrected chi connectivity index (χ1v) is 8.80. The van der Waals surface area contributed by atoms with Gasteiger partial charge in [-0.1, -0.05) is 6.92 Å². The van der Waals surface area contributed by atoms with E-state index in [9.17, 15) is 8.42 Å². The summed E-state index contributed by atoms with van der Waals surface area (Å²) in [5.41, 5.74) is 0. The largest absolute Gasteiger partial charge is 0.381 e. The Balaban J connectivity index is 1.99. The van der Waals surface area contributed by atoms with Crippen LogP contribution in [0.25, 0.3) is 0 Å². The van der Waals surface area contributed by atoms with Crippen LogP contribution in [0.1, 0.15) is 26.2 Å². The van der Waals surface area contributed by atoms with Gasteiger partial charge in [-0.2, -0.15) is 4.31 Å². The van der Waals surface area contributed by atoms with Gasteiger partial charge in [0.1, 0.15) is 0 Å². The van der Waals surface area contributed by atoms with E-state index in [1.165, 1.54) is 0 Å². The molecule has 1 saturated heterocycles. The lowest BCUT2D eigenvalue weighted by atomic mass is 10.1. The smallest absolute Gasteiger partial charge is 0.214 e. The van der Waals surface area contributed by atoms with Gasteiger partial charge in [0, 0.05) is 25.1 Å². The number of sulfonamides is 1. The summed E-state index contributed by atoms with van der Waals surface area (Å²) in [5.74, 6) is 0.939. The van der Waals surface area contributed by atoms with Crippen molar-refractivity contribution in [3.8, 4) is 0 Å². The monoisotopic (exact) mass is 295 g/mol. The van der Waals surface area contributed by atoms with E-state index in [1.807, 2.05) is 6.92 Å². The molecule has 1 aliphatic heterocycles. The summed E-state index contributed by atoms with van der Waals surface area (Å²) >= 11 is 5.73. The molecular weight excluding hydrogens is 274 g/mol. The quantitative estimate of drug-likeness (QED) is 0.672. The van der Waals surface area contributed by atoms with E-state index in [4.69, 9.17) is 16.3 Å². The van der Waals surface area contributed by atoms with Crippen LogP contribution in [0.4, 0.5) is 0 Å². The minimum atomic E-state index is -3.16. The molecule has 1 saturated carbocycles. The Bertz CT molecular complexity index is 364. The SMILES string of the molecule is CC(CCl)CS(=O)(=O)N(CC1CCOC1)C1CC1. The van der Waals surface area contributed by atoms with Gasteiger partial charge in [-0.25, -0.2) is 8.42 Å². The molecule has 18 heavy (non-hydrogen) atoms.